The molecule has 0 radical (unpaired) electrons. The molecule has 4 atom stereocenters. The van der Waals surface area contributed by atoms with Crippen LogP contribution in [0.2, 0.25) is 5.02 Å². The lowest BCUT2D eigenvalue weighted by Crippen LogP contribution is -2.55. The fourth-order valence-electron chi connectivity index (χ4n) is 6.79. The van der Waals surface area contributed by atoms with Crippen LogP contribution in [0.5, 0.6) is 0 Å². The van der Waals surface area contributed by atoms with E-state index in [0.717, 1.165) is 43.3 Å². The number of nitrogens with zero attached hydrogens (tertiary/aromatic N) is 3. The molecule has 17 heteroatoms. The third-order valence-corrected chi connectivity index (χ3v) is 10.5. The number of sulfonamides is 1. The molecule has 0 spiro atoms. The Morgan fingerprint density at radius 3 is 2.41 bits per heavy atom. The number of nitrogens with two attached hydrogens (primary N) is 2. The van der Waals surface area contributed by atoms with Gasteiger partial charge < -0.3 is 36.2 Å². The van der Waals surface area contributed by atoms with Gasteiger partial charge in [-0.2, -0.15) is 0 Å². The number of aromatic nitrogens is 1. The number of fused-ring (bicyclic) bond motifs is 1. The number of rotatable bonds is 15. The molecule has 0 aliphatic carbocycles. The lowest BCUT2D eigenvalue weighted by Gasteiger charge is -2.29. The number of piperidine rings is 1. The van der Waals surface area contributed by atoms with Crippen LogP contribution >= 0.6 is 11.6 Å². The van der Waals surface area contributed by atoms with Gasteiger partial charge in [0.1, 0.15) is 23.6 Å². The summed E-state index contributed by atoms with van der Waals surface area (Å²) in [4.78, 5) is 52.7. The van der Waals surface area contributed by atoms with E-state index in [0.29, 0.717) is 27.4 Å². The van der Waals surface area contributed by atoms with Crippen molar-refractivity contribution >= 4 is 62.0 Å². The summed E-state index contributed by atoms with van der Waals surface area (Å²) in [5.41, 5.74) is 15.0. The second-order valence-corrected chi connectivity index (χ2v) is 16.1. The van der Waals surface area contributed by atoms with E-state index < -0.39 is 51.9 Å². The monoisotopic (exact) mass is 804 g/mol. The number of Topliss-reactive ketones (excluding diaryl/α,β-unsaturated/α-hetero) is 1. The molecular weight excluding hydrogens is 760 g/mol. The van der Waals surface area contributed by atoms with E-state index in [1.165, 1.54) is 4.90 Å². The van der Waals surface area contributed by atoms with Crippen molar-refractivity contribution in [2.75, 3.05) is 25.9 Å². The molecule has 2 fully saturated rings. The lowest BCUT2D eigenvalue weighted by atomic mass is 10.0. The summed E-state index contributed by atoms with van der Waals surface area (Å²) in [7, 11) is -3.83. The maximum atomic E-state index is 14.4. The molecule has 7 N–H and O–H groups in total. The number of likely N-dealkylation sites (tertiary alicyclic amines) is 1. The Hall–Kier alpha value is -5.13. The van der Waals surface area contributed by atoms with Crippen LogP contribution in [-0.4, -0.2) is 92.0 Å². The van der Waals surface area contributed by atoms with Gasteiger partial charge in [-0.15, -0.1) is 0 Å². The van der Waals surface area contributed by atoms with Crippen LogP contribution in [0.4, 0.5) is 5.69 Å². The number of para-hydroxylation sites is 2. The van der Waals surface area contributed by atoms with Gasteiger partial charge in [0.15, 0.2) is 11.5 Å². The van der Waals surface area contributed by atoms with E-state index in [2.05, 4.69) is 25.3 Å². The normalized spacial score (nSPS) is 18.3. The topological polar surface area (TPSA) is 224 Å². The number of aliphatic imine (C=N–C) groups is 1. The minimum Gasteiger partial charge on any atom is -0.434 e. The van der Waals surface area contributed by atoms with Crippen LogP contribution in [0.1, 0.15) is 47.5 Å². The maximum Gasteiger partial charge on any atom is 0.266 e. The summed E-state index contributed by atoms with van der Waals surface area (Å²) in [5, 5.41) is 6.73. The average Bonchev–Trinajstić information content (AvgIpc) is 3.81. The molecule has 4 aromatic rings. The second kappa shape index (κ2) is 18.2. The number of carbonyl (C=O) groups is 3. The summed E-state index contributed by atoms with van der Waals surface area (Å²) in [6.07, 6.45) is 4.06. The van der Waals surface area contributed by atoms with E-state index in [-0.39, 0.29) is 44.3 Å². The smallest absolute Gasteiger partial charge is 0.266 e. The highest BCUT2D eigenvalue weighted by molar-refractivity contribution is 7.88. The average molecular weight is 805 g/mol. The molecule has 2 aliphatic heterocycles. The molecule has 2 amide bonds. The largest absolute Gasteiger partial charge is 0.434 e. The number of ketones is 1. The Labute approximate surface area is 329 Å². The van der Waals surface area contributed by atoms with Gasteiger partial charge >= 0.3 is 0 Å². The number of ether oxygens (including phenoxy) is 1. The molecule has 296 valence electrons. The third-order valence-electron chi connectivity index (χ3n) is 9.56. The Morgan fingerprint density at radius 1 is 1.04 bits per heavy atom. The quantitative estimate of drug-likeness (QED) is 0.0508. The number of oxazole rings is 1. The molecule has 3 heterocycles. The molecule has 6 rings (SSSR count). The summed E-state index contributed by atoms with van der Waals surface area (Å²) in [5.74, 6) is -2.11. The summed E-state index contributed by atoms with van der Waals surface area (Å²) in [6, 6.07) is 17.3. The molecule has 56 heavy (non-hydrogen) atoms. The van der Waals surface area contributed by atoms with Crippen LogP contribution in [0, 0.1) is 0 Å². The van der Waals surface area contributed by atoms with Gasteiger partial charge in [-0.05, 0) is 79.9 Å². The number of benzene rings is 3. The zero-order valence-corrected chi connectivity index (χ0v) is 32.4. The molecule has 2 aliphatic rings. The third kappa shape index (κ3) is 11.0. The van der Waals surface area contributed by atoms with Gasteiger partial charge in [0.25, 0.3) is 5.89 Å². The minimum atomic E-state index is -3.83. The van der Waals surface area contributed by atoms with Crippen molar-refractivity contribution in [1.29, 1.82) is 0 Å². The number of carbonyl (C=O) groups excluding carboxylic acids is 3. The highest BCUT2D eigenvalue weighted by Crippen LogP contribution is 2.26. The second-order valence-electron chi connectivity index (χ2n) is 13.9. The first-order valence-electron chi connectivity index (χ1n) is 18.2. The molecule has 0 unspecified atom stereocenters. The zero-order chi connectivity index (χ0) is 39.8. The summed E-state index contributed by atoms with van der Waals surface area (Å²) < 4.78 is 39.6. The minimum absolute atomic E-state index is 0.00292. The van der Waals surface area contributed by atoms with Gasteiger partial charge in [-0.1, -0.05) is 59.6 Å². The van der Waals surface area contributed by atoms with E-state index in [9.17, 15) is 22.8 Å². The Bertz CT molecular complexity index is 2160. The van der Waals surface area contributed by atoms with E-state index in [1.807, 2.05) is 18.2 Å². The van der Waals surface area contributed by atoms with E-state index in [4.69, 9.17) is 32.2 Å². The number of hydrogen-bond donors (Lipinski definition) is 5. The number of guanidine groups is 1. The van der Waals surface area contributed by atoms with Crippen molar-refractivity contribution < 1.29 is 32.0 Å². The van der Waals surface area contributed by atoms with Crippen LogP contribution in [0.25, 0.3) is 11.1 Å². The van der Waals surface area contributed by atoms with Crippen LogP contribution in [0.15, 0.2) is 93.9 Å². The fraction of sp³-hybridized carbons (Fsp3) is 0.359. The van der Waals surface area contributed by atoms with E-state index >= 15 is 0 Å². The van der Waals surface area contributed by atoms with Crippen molar-refractivity contribution in [2.45, 2.75) is 62.9 Å². The van der Waals surface area contributed by atoms with Crippen molar-refractivity contribution in [3.63, 3.8) is 0 Å². The SMILES string of the molecule is CS(=O)(=O)N[C@H](CC=C1CCNCC1)C(=O)N1C[C@H](OCc2ccc(Cl)cc2)C[C@H]1C(=O)N[C@@H](Cc1ccc(N=C(N)N)cc1)C(=O)c1nc2ccccc2o1. The van der Waals surface area contributed by atoms with Crippen LogP contribution in [-0.2, 0) is 37.4 Å². The number of halogens is 1. The highest BCUT2D eigenvalue weighted by Gasteiger charge is 2.43. The van der Waals surface area contributed by atoms with Gasteiger partial charge in [0, 0.05) is 24.4 Å². The molecule has 1 aromatic heterocycles. The number of nitrogens with one attached hydrogen (secondary N) is 3. The predicted molar refractivity (Wildman–Crippen MR) is 213 cm³/mol. The Kier molecular flexibility index (Phi) is 13.2. The lowest BCUT2D eigenvalue weighted by molar-refractivity contribution is -0.140. The first-order valence-corrected chi connectivity index (χ1v) is 20.5. The van der Waals surface area contributed by atoms with Crippen molar-refractivity contribution in [2.24, 2.45) is 16.5 Å². The molecule has 15 nitrogen and oxygen atoms in total. The first kappa shape index (κ1) is 40.5. The fourth-order valence-corrected chi connectivity index (χ4v) is 7.63. The maximum absolute atomic E-state index is 14.4. The zero-order valence-electron chi connectivity index (χ0n) is 30.8. The Balaban J connectivity index is 1.29. The van der Waals surface area contributed by atoms with Gasteiger partial charge in [-0.25, -0.2) is 23.1 Å². The molecule has 0 bridgehead atoms. The van der Waals surface area contributed by atoms with Crippen molar-refractivity contribution in [3.8, 4) is 0 Å². The standard InChI is InChI=1S/C39H45ClN8O7S/c1-56(52,53)47-31(15-10-24-16-18-43-19-17-24)38(51)48-22-29(54-23-26-6-11-27(40)12-7-26)21-33(48)36(50)45-32(20-25-8-13-28(14-9-25)44-39(41)42)35(49)37-46-30-4-2-3-5-34(30)55-37/h2-14,29,31-33,43,47H,15-23H2,1H3,(H,45,50)(H4,41,42,44)/t29-,31-,32+,33+/m1/s1. The summed E-state index contributed by atoms with van der Waals surface area (Å²) in [6.45, 7) is 1.75. The Morgan fingerprint density at radius 2 is 1.73 bits per heavy atom. The molecule has 2 saturated heterocycles. The van der Waals surface area contributed by atoms with Gasteiger partial charge in [0.05, 0.1) is 24.7 Å². The molecular formula is C39H45ClN8O7S. The number of amides is 2. The van der Waals surface area contributed by atoms with Crippen molar-refractivity contribution in [3.05, 3.63) is 106 Å². The summed E-state index contributed by atoms with van der Waals surface area (Å²) >= 11 is 6.06. The van der Waals surface area contributed by atoms with Crippen LogP contribution < -0.4 is 26.8 Å². The molecule has 3 aromatic carbocycles. The van der Waals surface area contributed by atoms with E-state index in [1.54, 1.807) is 60.7 Å². The van der Waals surface area contributed by atoms with Gasteiger partial charge in [-0.3, -0.25) is 14.4 Å². The van der Waals surface area contributed by atoms with Crippen molar-refractivity contribution in [1.82, 2.24) is 25.2 Å². The highest BCUT2D eigenvalue weighted by atomic mass is 35.5. The predicted octanol–water partition coefficient (Wildman–Crippen LogP) is 3.10. The van der Waals surface area contributed by atoms with Crippen LogP contribution in [0.3, 0.4) is 0 Å². The molecule has 0 saturated carbocycles. The van der Waals surface area contributed by atoms with Gasteiger partial charge in [0.2, 0.25) is 27.6 Å². The first-order chi connectivity index (χ1) is 26.8. The number of hydrogen-bond acceptors (Lipinski definition) is 10.